The van der Waals surface area contributed by atoms with E-state index in [1.807, 2.05) is 11.8 Å². The molecule has 0 radical (unpaired) electrons. The van der Waals surface area contributed by atoms with Gasteiger partial charge in [0.15, 0.2) is 0 Å². The van der Waals surface area contributed by atoms with Crippen LogP contribution in [0.5, 0.6) is 0 Å². The normalized spacial score (nSPS) is 18.3. The van der Waals surface area contributed by atoms with Gasteiger partial charge < -0.3 is 0 Å². The van der Waals surface area contributed by atoms with E-state index in [2.05, 4.69) is 65.8 Å². The average molecular weight is 222 g/mol. The van der Waals surface area contributed by atoms with Gasteiger partial charge in [-0.05, 0) is 20.6 Å². The first-order valence-electron chi connectivity index (χ1n) is 5.49. The van der Waals surface area contributed by atoms with Gasteiger partial charge >= 0.3 is 0 Å². The summed E-state index contributed by atoms with van der Waals surface area (Å²) in [7, 11) is 0. The molecule has 1 heteroatoms. The lowest BCUT2D eigenvalue weighted by atomic mass is 9.96. The van der Waals surface area contributed by atoms with Crippen LogP contribution in [-0.2, 0) is 0 Å². The first-order valence-corrected chi connectivity index (χ1v) is 6.30. The van der Waals surface area contributed by atoms with E-state index < -0.39 is 0 Å². The molecule has 0 N–H and O–H groups in total. The molecule has 0 aromatic rings. The predicted molar refractivity (Wildman–Crippen MR) is 71.8 cm³/mol. The molecular weight excluding hydrogens is 200 g/mol. The Morgan fingerprint density at radius 2 is 1.07 bits per heavy atom. The van der Waals surface area contributed by atoms with Crippen LogP contribution < -0.4 is 0 Å². The summed E-state index contributed by atoms with van der Waals surface area (Å²) in [5, 5.41) is 0. The fourth-order valence-electron chi connectivity index (χ4n) is 1.28. The Bertz CT molecular complexity index is 284. The molecule has 1 aliphatic rings. The Kier molecular flexibility index (Phi) is 3.55. The van der Waals surface area contributed by atoms with Crippen LogP contribution in [0.25, 0.3) is 0 Å². The van der Waals surface area contributed by atoms with Gasteiger partial charge in [-0.3, -0.25) is 0 Å². The summed E-state index contributed by atoms with van der Waals surface area (Å²) in [5.74, 6) is 0. The fourth-order valence-corrected chi connectivity index (χ4v) is 2.42. The molecule has 0 atom stereocenters. The topological polar surface area (TPSA) is 0 Å². The Labute approximate surface area is 98.5 Å². The number of rotatable bonds is 0. The molecular formula is C14H22S. The first kappa shape index (κ1) is 12.6. The second-order valence-corrected chi connectivity index (χ2v) is 7.13. The summed E-state index contributed by atoms with van der Waals surface area (Å²) in [6, 6.07) is 0. The van der Waals surface area contributed by atoms with Crippen LogP contribution in [0.3, 0.4) is 0 Å². The lowest BCUT2D eigenvalue weighted by molar-refractivity contribution is 0.524. The smallest absolute Gasteiger partial charge is 0.00518 e. The molecule has 0 amide bonds. The minimum Gasteiger partial charge on any atom is -0.0979 e. The summed E-state index contributed by atoms with van der Waals surface area (Å²) in [6.45, 7) is 13.6. The second-order valence-electron chi connectivity index (χ2n) is 6.05. The molecule has 1 rings (SSSR count). The number of allylic oxidation sites excluding steroid dienone is 6. The fraction of sp³-hybridized carbons (Fsp3) is 0.571. The lowest BCUT2D eigenvalue weighted by Crippen LogP contribution is -2.11. The highest BCUT2D eigenvalue weighted by Crippen LogP contribution is 2.45. The van der Waals surface area contributed by atoms with Crippen LogP contribution in [0, 0.1) is 10.8 Å². The van der Waals surface area contributed by atoms with Gasteiger partial charge in [0.05, 0.1) is 0 Å². The highest BCUT2D eigenvalue weighted by atomic mass is 32.2. The van der Waals surface area contributed by atoms with E-state index >= 15 is 0 Å². The van der Waals surface area contributed by atoms with E-state index in [0.29, 0.717) is 0 Å². The van der Waals surface area contributed by atoms with Crippen molar-refractivity contribution >= 4 is 11.8 Å². The summed E-state index contributed by atoms with van der Waals surface area (Å²) in [6.07, 6.45) is 8.76. The average Bonchev–Trinajstić information content (AvgIpc) is 2.24. The summed E-state index contributed by atoms with van der Waals surface area (Å²) < 4.78 is 0. The van der Waals surface area contributed by atoms with E-state index in [4.69, 9.17) is 0 Å². The van der Waals surface area contributed by atoms with Gasteiger partial charge in [0, 0.05) is 0 Å². The predicted octanol–water partition coefficient (Wildman–Crippen LogP) is 5.15. The number of thioether (sulfide) groups is 1. The maximum atomic E-state index is 2.27. The zero-order chi connectivity index (χ0) is 11.7. The Hall–Kier alpha value is -0.430. The van der Waals surface area contributed by atoms with Crippen molar-refractivity contribution in [2.45, 2.75) is 41.5 Å². The van der Waals surface area contributed by atoms with E-state index in [9.17, 15) is 0 Å². The number of hydrogen-bond donors (Lipinski definition) is 0. The molecule has 0 nitrogen and oxygen atoms in total. The minimum atomic E-state index is 0.240. The molecule has 0 fully saturated rings. The van der Waals surface area contributed by atoms with Gasteiger partial charge in [0.25, 0.3) is 0 Å². The Balaban J connectivity index is 2.98. The van der Waals surface area contributed by atoms with Crippen molar-refractivity contribution < 1.29 is 0 Å². The third-order valence-corrected chi connectivity index (χ3v) is 4.24. The van der Waals surface area contributed by atoms with Crippen LogP contribution in [0.15, 0.2) is 34.1 Å². The van der Waals surface area contributed by atoms with Crippen LogP contribution >= 0.6 is 11.8 Å². The lowest BCUT2D eigenvalue weighted by Gasteiger charge is -2.28. The van der Waals surface area contributed by atoms with Gasteiger partial charge in [-0.1, -0.05) is 77.6 Å². The highest BCUT2D eigenvalue weighted by Gasteiger charge is 2.24. The monoisotopic (exact) mass is 222 g/mol. The molecule has 0 aromatic heterocycles. The van der Waals surface area contributed by atoms with Crippen molar-refractivity contribution in [3.8, 4) is 0 Å². The molecule has 0 aliphatic carbocycles. The molecule has 0 aromatic carbocycles. The van der Waals surface area contributed by atoms with Crippen molar-refractivity contribution in [1.29, 1.82) is 0 Å². The Morgan fingerprint density at radius 1 is 0.733 bits per heavy atom. The zero-order valence-electron chi connectivity index (χ0n) is 10.7. The third-order valence-electron chi connectivity index (χ3n) is 2.30. The van der Waals surface area contributed by atoms with E-state index in [1.165, 1.54) is 9.81 Å². The first-order chi connectivity index (χ1) is 6.71. The quantitative estimate of drug-likeness (QED) is 0.546. The number of hydrogen-bond acceptors (Lipinski definition) is 1. The maximum Gasteiger partial charge on any atom is -0.00518 e. The molecule has 84 valence electrons. The van der Waals surface area contributed by atoms with E-state index in [1.54, 1.807) is 0 Å². The van der Waals surface area contributed by atoms with Gasteiger partial charge in [0.2, 0.25) is 0 Å². The SMILES string of the molecule is CC(C)(C)C1=CC=CC=C(C(C)(C)C)S1. The standard InChI is InChI=1S/C14H22S/c1-13(2,3)11-9-7-8-10-12(15-11)14(4,5)6/h7-10H,1-6H3. The van der Waals surface area contributed by atoms with E-state index in [-0.39, 0.29) is 10.8 Å². The largest absolute Gasteiger partial charge is 0.0979 e. The van der Waals surface area contributed by atoms with Gasteiger partial charge in [-0.25, -0.2) is 0 Å². The van der Waals surface area contributed by atoms with Crippen molar-refractivity contribution in [2.24, 2.45) is 10.8 Å². The molecule has 0 spiro atoms. The highest BCUT2D eigenvalue weighted by molar-refractivity contribution is 8.06. The van der Waals surface area contributed by atoms with E-state index in [0.717, 1.165) is 0 Å². The summed E-state index contributed by atoms with van der Waals surface area (Å²) in [4.78, 5) is 2.88. The third kappa shape index (κ3) is 3.57. The van der Waals surface area contributed by atoms with Crippen LogP contribution in [0.1, 0.15) is 41.5 Å². The zero-order valence-corrected chi connectivity index (χ0v) is 11.5. The maximum absolute atomic E-state index is 2.27. The molecule has 0 unspecified atom stereocenters. The molecule has 1 aliphatic heterocycles. The summed E-state index contributed by atoms with van der Waals surface area (Å²) in [5.41, 5.74) is 0.480. The van der Waals surface area contributed by atoms with Gasteiger partial charge in [0.1, 0.15) is 0 Å². The van der Waals surface area contributed by atoms with Crippen molar-refractivity contribution in [2.75, 3.05) is 0 Å². The van der Waals surface area contributed by atoms with Gasteiger partial charge in [-0.15, -0.1) is 0 Å². The van der Waals surface area contributed by atoms with Gasteiger partial charge in [-0.2, -0.15) is 0 Å². The summed E-state index contributed by atoms with van der Waals surface area (Å²) >= 11 is 1.93. The molecule has 0 bridgehead atoms. The van der Waals surface area contributed by atoms with Crippen molar-refractivity contribution in [3.63, 3.8) is 0 Å². The van der Waals surface area contributed by atoms with Crippen molar-refractivity contribution in [3.05, 3.63) is 34.1 Å². The molecule has 1 heterocycles. The molecule has 0 saturated carbocycles. The molecule has 0 saturated heterocycles. The Morgan fingerprint density at radius 3 is 1.33 bits per heavy atom. The second kappa shape index (κ2) is 4.21. The van der Waals surface area contributed by atoms with Crippen LogP contribution in [0.4, 0.5) is 0 Å². The molecule has 15 heavy (non-hydrogen) atoms. The van der Waals surface area contributed by atoms with Crippen LogP contribution in [0.2, 0.25) is 0 Å². The van der Waals surface area contributed by atoms with Crippen molar-refractivity contribution in [1.82, 2.24) is 0 Å². The minimum absolute atomic E-state index is 0.240. The van der Waals surface area contributed by atoms with Crippen LogP contribution in [-0.4, -0.2) is 0 Å².